The Hall–Kier alpha value is -1.59. The van der Waals surface area contributed by atoms with Crippen molar-refractivity contribution in [2.24, 2.45) is 17.6 Å². The summed E-state index contributed by atoms with van der Waals surface area (Å²) in [4.78, 5) is 33.3. The second kappa shape index (κ2) is 7.68. The minimum Gasteiger partial charge on any atom is -0.481 e. The molecule has 0 aromatic heterocycles. The topological polar surface area (TPSA) is 109 Å². The molecule has 0 aromatic rings. The largest absolute Gasteiger partial charge is 0.481 e. The van der Waals surface area contributed by atoms with E-state index in [-0.39, 0.29) is 24.7 Å². The van der Waals surface area contributed by atoms with Crippen molar-refractivity contribution < 1.29 is 19.5 Å². The summed E-state index contributed by atoms with van der Waals surface area (Å²) in [5, 5.41) is 11.0. The molecule has 0 aliphatic carbocycles. The molecule has 1 unspecified atom stereocenters. The molecule has 6 nitrogen and oxygen atoms in total. The summed E-state index contributed by atoms with van der Waals surface area (Å²) in [6.07, 6.45) is 0.521. The summed E-state index contributed by atoms with van der Waals surface area (Å²) in [5.41, 5.74) is 5.13. The van der Waals surface area contributed by atoms with Crippen LogP contribution in [0.1, 0.15) is 40.0 Å². The molecule has 0 fully saturated rings. The molecule has 0 saturated carbocycles. The highest BCUT2D eigenvalue weighted by Gasteiger charge is 2.22. The first-order valence-electron chi connectivity index (χ1n) is 6.05. The number of nitrogens with two attached hydrogens (primary N) is 1. The van der Waals surface area contributed by atoms with Crippen molar-refractivity contribution >= 4 is 17.8 Å². The van der Waals surface area contributed by atoms with Crippen molar-refractivity contribution in [3.63, 3.8) is 0 Å². The second-order valence-electron chi connectivity index (χ2n) is 4.93. The van der Waals surface area contributed by atoms with Crippen LogP contribution >= 0.6 is 0 Å². The van der Waals surface area contributed by atoms with Crippen LogP contribution in [-0.4, -0.2) is 28.9 Å². The predicted molar refractivity (Wildman–Crippen MR) is 66.6 cm³/mol. The molecule has 0 aromatic carbocycles. The SMILES string of the molecule is CC(C)CC(C)C(=O)N[C@@H](CCC(=O)O)C(N)=O. The highest BCUT2D eigenvalue weighted by atomic mass is 16.4. The van der Waals surface area contributed by atoms with E-state index < -0.39 is 17.9 Å². The van der Waals surface area contributed by atoms with Crippen molar-refractivity contribution in [3.8, 4) is 0 Å². The first-order valence-corrected chi connectivity index (χ1v) is 6.05. The fraction of sp³-hybridized carbons (Fsp3) is 0.750. The van der Waals surface area contributed by atoms with Crippen LogP contribution < -0.4 is 11.1 Å². The lowest BCUT2D eigenvalue weighted by Gasteiger charge is -2.19. The minimum absolute atomic E-state index is 0.0187. The molecule has 0 radical (unpaired) electrons. The van der Waals surface area contributed by atoms with Crippen molar-refractivity contribution in [2.75, 3.05) is 0 Å². The predicted octanol–water partition coefficient (Wildman–Crippen LogP) is 0.504. The van der Waals surface area contributed by atoms with E-state index in [1.165, 1.54) is 0 Å². The van der Waals surface area contributed by atoms with Gasteiger partial charge in [0.15, 0.2) is 0 Å². The molecule has 18 heavy (non-hydrogen) atoms. The Kier molecular flexibility index (Phi) is 7.00. The van der Waals surface area contributed by atoms with E-state index in [0.29, 0.717) is 12.3 Å². The summed E-state index contributed by atoms with van der Waals surface area (Å²) in [6.45, 7) is 5.77. The van der Waals surface area contributed by atoms with E-state index in [1.54, 1.807) is 6.92 Å². The summed E-state index contributed by atoms with van der Waals surface area (Å²) < 4.78 is 0. The highest BCUT2D eigenvalue weighted by molar-refractivity contribution is 5.87. The second-order valence-corrected chi connectivity index (χ2v) is 4.93. The number of hydrogen-bond acceptors (Lipinski definition) is 3. The number of aliphatic carboxylic acids is 1. The third-order valence-corrected chi connectivity index (χ3v) is 2.58. The van der Waals surface area contributed by atoms with E-state index in [0.717, 1.165) is 0 Å². The Morgan fingerprint density at radius 1 is 1.22 bits per heavy atom. The number of amides is 2. The standard InChI is InChI=1S/C12H22N2O4/c1-7(2)6-8(3)12(18)14-9(11(13)17)4-5-10(15)16/h7-9H,4-6H2,1-3H3,(H2,13,17)(H,14,18)(H,15,16)/t8?,9-/m0/s1. The van der Waals surface area contributed by atoms with Crippen LogP contribution in [0.2, 0.25) is 0 Å². The molecule has 0 spiro atoms. The third-order valence-electron chi connectivity index (χ3n) is 2.58. The number of primary amides is 1. The molecule has 0 rings (SSSR count). The molecule has 0 saturated heterocycles. The van der Waals surface area contributed by atoms with Gasteiger partial charge in [0.05, 0.1) is 0 Å². The van der Waals surface area contributed by atoms with Gasteiger partial charge in [0.25, 0.3) is 0 Å². The summed E-state index contributed by atoms with van der Waals surface area (Å²) in [7, 11) is 0. The van der Waals surface area contributed by atoms with Gasteiger partial charge in [-0.3, -0.25) is 14.4 Å². The minimum atomic E-state index is -1.02. The van der Waals surface area contributed by atoms with Gasteiger partial charge in [-0.15, -0.1) is 0 Å². The Bertz CT molecular complexity index is 315. The Morgan fingerprint density at radius 2 is 1.78 bits per heavy atom. The number of carboxylic acid groups (broad SMARTS) is 1. The average Bonchev–Trinajstić information content (AvgIpc) is 2.21. The number of hydrogen-bond donors (Lipinski definition) is 3. The van der Waals surface area contributed by atoms with Gasteiger partial charge < -0.3 is 16.2 Å². The van der Waals surface area contributed by atoms with Crippen LogP contribution in [0.3, 0.4) is 0 Å². The fourth-order valence-electron chi connectivity index (χ4n) is 1.68. The van der Waals surface area contributed by atoms with Crippen LogP contribution in [0, 0.1) is 11.8 Å². The highest BCUT2D eigenvalue weighted by Crippen LogP contribution is 2.11. The molecule has 6 heteroatoms. The third kappa shape index (κ3) is 6.88. The zero-order valence-corrected chi connectivity index (χ0v) is 11.1. The summed E-state index contributed by atoms with van der Waals surface area (Å²) >= 11 is 0. The molecule has 0 bridgehead atoms. The lowest BCUT2D eigenvalue weighted by Crippen LogP contribution is -2.46. The van der Waals surface area contributed by atoms with Crippen molar-refractivity contribution in [1.29, 1.82) is 0 Å². The van der Waals surface area contributed by atoms with Crippen molar-refractivity contribution in [3.05, 3.63) is 0 Å². The van der Waals surface area contributed by atoms with E-state index in [4.69, 9.17) is 10.8 Å². The van der Waals surface area contributed by atoms with E-state index in [2.05, 4.69) is 5.32 Å². The first kappa shape index (κ1) is 16.4. The van der Waals surface area contributed by atoms with Crippen LogP contribution in [-0.2, 0) is 14.4 Å². The van der Waals surface area contributed by atoms with E-state index >= 15 is 0 Å². The summed E-state index contributed by atoms with van der Waals surface area (Å²) in [5.74, 6) is -1.85. The lowest BCUT2D eigenvalue weighted by atomic mass is 9.97. The van der Waals surface area contributed by atoms with E-state index in [9.17, 15) is 14.4 Å². The monoisotopic (exact) mass is 258 g/mol. The molecule has 0 heterocycles. The molecule has 104 valence electrons. The Morgan fingerprint density at radius 3 is 2.17 bits per heavy atom. The van der Waals surface area contributed by atoms with E-state index in [1.807, 2.05) is 13.8 Å². The van der Waals surface area contributed by atoms with Gasteiger partial charge in [0, 0.05) is 12.3 Å². The van der Waals surface area contributed by atoms with Gasteiger partial charge in [-0.1, -0.05) is 20.8 Å². The molecular weight excluding hydrogens is 236 g/mol. The maximum Gasteiger partial charge on any atom is 0.303 e. The van der Waals surface area contributed by atoms with Crippen molar-refractivity contribution in [2.45, 2.75) is 46.1 Å². The number of carbonyl (C=O) groups is 3. The zero-order valence-electron chi connectivity index (χ0n) is 11.1. The molecule has 0 aliphatic heterocycles. The number of rotatable bonds is 8. The molecule has 4 N–H and O–H groups in total. The quantitative estimate of drug-likeness (QED) is 0.589. The van der Waals surface area contributed by atoms with Crippen LogP contribution in [0.15, 0.2) is 0 Å². The molecule has 2 atom stereocenters. The maximum absolute atomic E-state index is 11.8. The van der Waals surface area contributed by atoms with Gasteiger partial charge >= 0.3 is 5.97 Å². The zero-order chi connectivity index (χ0) is 14.3. The smallest absolute Gasteiger partial charge is 0.303 e. The van der Waals surface area contributed by atoms with Gasteiger partial charge in [0.2, 0.25) is 11.8 Å². The number of carbonyl (C=O) groups excluding carboxylic acids is 2. The van der Waals surface area contributed by atoms with Crippen LogP contribution in [0.4, 0.5) is 0 Å². The van der Waals surface area contributed by atoms with Gasteiger partial charge in [-0.25, -0.2) is 0 Å². The van der Waals surface area contributed by atoms with Gasteiger partial charge in [0.1, 0.15) is 6.04 Å². The molecule has 2 amide bonds. The Labute approximate surface area is 107 Å². The lowest BCUT2D eigenvalue weighted by molar-refractivity contribution is -0.138. The first-order chi connectivity index (χ1) is 8.23. The average molecular weight is 258 g/mol. The van der Waals surface area contributed by atoms with Crippen molar-refractivity contribution in [1.82, 2.24) is 5.32 Å². The van der Waals surface area contributed by atoms with Gasteiger partial charge in [-0.05, 0) is 18.8 Å². The fourth-order valence-corrected chi connectivity index (χ4v) is 1.68. The number of carboxylic acids is 1. The normalized spacial score (nSPS) is 14.0. The number of nitrogens with one attached hydrogen (secondary N) is 1. The van der Waals surface area contributed by atoms with Crippen LogP contribution in [0.5, 0.6) is 0 Å². The van der Waals surface area contributed by atoms with Crippen LogP contribution in [0.25, 0.3) is 0 Å². The molecular formula is C12H22N2O4. The maximum atomic E-state index is 11.8. The van der Waals surface area contributed by atoms with Gasteiger partial charge in [-0.2, -0.15) is 0 Å². The summed E-state index contributed by atoms with van der Waals surface area (Å²) in [6, 6.07) is -0.914. The Balaban J connectivity index is 4.35. The molecule has 0 aliphatic rings.